The van der Waals surface area contributed by atoms with Gasteiger partial charge in [-0.1, -0.05) is 23.7 Å². The highest BCUT2D eigenvalue weighted by molar-refractivity contribution is 9.10. The minimum atomic E-state index is -3.80. The maximum Gasteiger partial charge on any atom is 0.336 e. The Bertz CT molecular complexity index is 866. The molecule has 0 radical (unpaired) electrons. The van der Waals surface area contributed by atoms with E-state index in [0.717, 1.165) is 11.6 Å². The van der Waals surface area contributed by atoms with Crippen molar-refractivity contribution in [3.05, 3.63) is 62.6 Å². The molecule has 0 aromatic heterocycles. The standard InChI is InChI=1S/C16H15BrClNO4S/c1-10-8-14(17)13(16(20)21)9-15(10)24(22,23)19-7-6-11-2-4-12(18)5-3-11/h2-5,8-9,19H,6-7H2,1H3,(H,20,21). The van der Waals surface area contributed by atoms with Crippen LogP contribution in [-0.4, -0.2) is 26.0 Å². The maximum atomic E-state index is 12.4. The van der Waals surface area contributed by atoms with Crippen LogP contribution in [0, 0.1) is 6.92 Å². The number of carboxylic acid groups (broad SMARTS) is 1. The van der Waals surface area contributed by atoms with E-state index in [1.165, 1.54) is 6.07 Å². The van der Waals surface area contributed by atoms with Gasteiger partial charge >= 0.3 is 5.97 Å². The zero-order valence-corrected chi connectivity index (χ0v) is 15.9. The molecule has 0 fully saturated rings. The van der Waals surface area contributed by atoms with E-state index in [-0.39, 0.29) is 17.0 Å². The van der Waals surface area contributed by atoms with Gasteiger partial charge in [0.25, 0.3) is 0 Å². The van der Waals surface area contributed by atoms with E-state index in [2.05, 4.69) is 20.7 Å². The third-order valence-electron chi connectivity index (χ3n) is 3.40. The molecule has 2 rings (SSSR count). The van der Waals surface area contributed by atoms with Gasteiger partial charge in [0.05, 0.1) is 10.5 Å². The van der Waals surface area contributed by atoms with Crippen molar-refractivity contribution in [2.45, 2.75) is 18.2 Å². The number of aryl methyl sites for hydroxylation is 1. The second kappa shape index (κ2) is 7.65. The van der Waals surface area contributed by atoms with Crippen molar-refractivity contribution in [3.8, 4) is 0 Å². The summed E-state index contributed by atoms with van der Waals surface area (Å²) in [7, 11) is -3.80. The molecular weight excluding hydrogens is 418 g/mol. The second-order valence-electron chi connectivity index (χ2n) is 5.18. The predicted molar refractivity (Wildman–Crippen MR) is 96.2 cm³/mol. The van der Waals surface area contributed by atoms with Crippen LogP contribution in [-0.2, 0) is 16.4 Å². The van der Waals surface area contributed by atoms with Gasteiger partial charge in [0.1, 0.15) is 0 Å². The van der Waals surface area contributed by atoms with Gasteiger partial charge in [-0.3, -0.25) is 0 Å². The van der Waals surface area contributed by atoms with Gasteiger partial charge < -0.3 is 5.11 Å². The molecule has 0 spiro atoms. The first kappa shape index (κ1) is 18.9. The first-order valence-corrected chi connectivity index (χ1v) is 9.63. The van der Waals surface area contributed by atoms with Crippen molar-refractivity contribution in [2.24, 2.45) is 0 Å². The number of carboxylic acids is 1. The lowest BCUT2D eigenvalue weighted by Gasteiger charge is -2.11. The van der Waals surface area contributed by atoms with Gasteiger partial charge in [-0.05, 0) is 64.7 Å². The lowest BCUT2D eigenvalue weighted by molar-refractivity contribution is 0.0695. The van der Waals surface area contributed by atoms with Gasteiger partial charge in [0.15, 0.2) is 0 Å². The molecule has 2 aromatic carbocycles. The predicted octanol–water partition coefficient (Wildman–Crippen LogP) is 3.63. The number of benzene rings is 2. The van der Waals surface area contributed by atoms with Crippen molar-refractivity contribution < 1.29 is 18.3 Å². The van der Waals surface area contributed by atoms with E-state index in [1.807, 2.05) is 12.1 Å². The summed E-state index contributed by atoms with van der Waals surface area (Å²) in [5.74, 6) is -1.19. The molecule has 0 heterocycles. The Kier molecular flexibility index (Phi) is 6.03. The smallest absolute Gasteiger partial charge is 0.336 e. The molecule has 0 saturated carbocycles. The number of sulfonamides is 1. The molecule has 0 aliphatic carbocycles. The van der Waals surface area contributed by atoms with E-state index >= 15 is 0 Å². The Morgan fingerprint density at radius 2 is 1.88 bits per heavy atom. The molecule has 24 heavy (non-hydrogen) atoms. The summed E-state index contributed by atoms with van der Waals surface area (Å²) in [5.41, 5.74) is 1.31. The van der Waals surface area contributed by atoms with Crippen LogP contribution in [0.3, 0.4) is 0 Å². The van der Waals surface area contributed by atoms with Crippen LogP contribution in [0.15, 0.2) is 45.8 Å². The summed E-state index contributed by atoms with van der Waals surface area (Å²) >= 11 is 8.94. The Labute approximate surface area is 153 Å². The molecule has 0 saturated heterocycles. The fraction of sp³-hybridized carbons (Fsp3) is 0.188. The van der Waals surface area contributed by atoms with Crippen molar-refractivity contribution in [3.63, 3.8) is 0 Å². The van der Waals surface area contributed by atoms with Crippen LogP contribution in [0.5, 0.6) is 0 Å². The minimum absolute atomic E-state index is 0.0424. The van der Waals surface area contributed by atoms with E-state index in [1.54, 1.807) is 19.1 Å². The minimum Gasteiger partial charge on any atom is -0.478 e. The van der Waals surface area contributed by atoms with Crippen molar-refractivity contribution >= 4 is 43.5 Å². The van der Waals surface area contributed by atoms with Crippen LogP contribution in [0.25, 0.3) is 0 Å². The Hall–Kier alpha value is -1.41. The molecule has 8 heteroatoms. The lowest BCUT2D eigenvalue weighted by Crippen LogP contribution is -2.27. The van der Waals surface area contributed by atoms with Gasteiger partial charge in [-0.15, -0.1) is 0 Å². The molecule has 5 nitrogen and oxygen atoms in total. The number of aromatic carboxylic acids is 1. The Morgan fingerprint density at radius 3 is 2.46 bits per heavy atom. The van der Waals surface area contributed by atoms with Crippen LogP contribution in [0.2, 0.25) is 5.02 Å². The monoisotopic (exact) mass is 431 g/mol. The summed E-state index contributed by atoms with van der Waals surface area (Å²) in [6, 6.07) is 9.77. The number of hydrogen-bond acceptors (Lipinski definition) is 3. The summed E-state index contributed by atoms with van der Waals surface area (Å²) in [5, 5.41) is 9.75. The molecule has 0 unspecified atom stereocenters. The van der Waals surface area contributed by atoms with Gasteiger partial charge in [-0.25, -0.2) is 17.9 Å². The third-order valence-corrected chi connectivity index (χ3v) is 5.91. The SMILES string of the molecule is Cc1cc(Br)c(C(=O)O)cc1S(=O)(=O)NCCc1ccc(Cl)cc1. The van der Waals surface area contributed by atoms with Gasteiger partial charge in [0.2, 0.25) is 10.0 Å². The zero-order valence-electron chi connectivity index (χ0n) is 12.7. The fourth-order valence-corrected chi connectivity index (χ4v) is 4.20. The van der Waals surface area contributed by atoms with E-state index in [4.69, 9.17) is 16.7 Å². The van der Waals surface area contributed by atoms with Crippen molar-refractivity contribution in [1.82, 2.24) is 4.72 Å². The van der Waals surface area contributed by atoms with Gasteiger partial charge in [-0.2, -0.15) is 0 Å². The Balaban J connectivity index is 2.16. The molecular formula is C16H15BrClNO4S. The van der Waals surface area contributed by atoms with Gasteiger partial charge in [0, 0.05) is 16.0 Å². The van der Waals surface area contributed by atoms with Crippen LogP contribution < -0.4 is 4.72 Å². The summed E-state index contributed by atoms with van der Waals surface area (Å²) in [6.45, 7) is 1.81. The highest BCUT2D eigenvalue weighted by Crippen LogP contribution is 2.25. The van der Waals surface area contributed by atoms with Crippen LogP contribution in [0.1, 0.15) is 21.5 Å². The van der Waals surface area contributed by atoms with Crippen LogP contribution >= 0.6 is 27.5 Å². The first-order chi connectivity index (χ1) is 11.2. The molecule has 0 amide bonds. The summed E-state index contributed by atoms with van der Waals surface area (Å²) < 4.78 is 27.7. The summed E-state index contributed by atoms with van der Waals surface area (Å²) in [4.78, 5) is 11.1. The number of halogens is 2. The topological polar surface area (TPSA) is 83.5 Å². The first-order valence-electron chi connectivity index (χ1n) is 6.98. The largest absolute Gasteiger partial charge is 0.478 e. The number of hydrogen-bond donors (Lipinski definition) is 2. The normalized spacial score (nSPS) is 11.5. The third kappa shape index (κ3) is 4.57. The Morgan fingerprint density at radius 1 is 1.25 bits per heavy atom. The highest BCUT2D eigenvalue weighted by atomic mass is 79.9. The van der Waals surface area contributed by atoms with Crippen molar-refractivity contribution in [2.75, 3.05) is 6.54 Å². The van der Waals surface area contributed by atoms with Crippen molar-refractivity contribution in [1.29, 1.82) is 0 Å². The maximum absolute atomic E-state index is 12.4. The molecule has 0 bridgehead atoms. The molecule has 128 valence electrons. The number of rotatable bonds is 6. The van der Waals surface area contributed by atoms with E-state index in [0.29, 0.717) is 21.5 Å². The average Bonchev–Trinajstić information content (AvgIpc) is 2.48. The zero-order chi connectivity index (χ0) is 17.9. The molecule has 0 aliphatic rings. The average molecular weight is 433 g/mol. The molecule has 2 N–H and O–H groups in total. The van der Waals surface area contributed by atoms with E-state index < -0.39 is 16.0 Å². The van der Waals surface area contributed by atoms with E-state index in [9.17, 15) is 13.2 Å². The highest BCUT2D eigenvalue weighted by Gasteiger charge is 2.20. The number of carbonyl (C=O) groups is 1. The quantitative estimate of drug-likeness (QED) is 0.730. The molecule has 0 aliphatic heterocycles. The molecule has 2 aromatic rings. The lowest BCUT2D eigenvalue weighted by atomic mass is 10.1. The molecule has 0 atom stereocenters. The summed E-state index contributed by atoms with van der Waals surface area (Å²) in [6.07, 6.45) is 0.498. The fourth-order valence-electron chi connectivity index (χ4n) is 2.16. The number of nitrogens with one attached hydrogen (secondary N) is 1. The van der Waals surface area contributed by atoms with Crippen LogP contribution in [0.4, 0.5) is 0 Å². The second-order valence-corrected chi connectivity index (χ2v) is 8.20.